The van der Waals surface area contributed by atoms with Crippen molar-refractivity contribution in [2.75, 3.05) is 13.2 Å². The number of nitrogens with one attached hydrogen (secondary N) is 1. The summed E-state index contributed by atoms with van der Waals surface area (Å²) in [5.74, 6) is -1.35. The van der Waals surface area contributed by atoms with Crippen LogP contribution >= 0.6 is 0 Å². The average molecular weight is 533 g/mol. The molecule has 11 heteroatoms. The molecule has 1 fully saturated rings. The molecule has 2 aromatic heterocycles. The van der Waals surface area contributed by atoms with E-state index in [9.17, 15) is 15.3 Å². The van der Waals surface area contributed by atoms with Gasteiger partial charge in [-0.05, 0) is 16.7 Å². The largest absolute Gasteiger partial charge is 0.493 e. The Hall–Kier alpha value is -4.45. The van der Waals surface area contributed by atoms with E-state index in [0.717, 1.165) is 22.8 Å². The second-order valence-corrected chi connectivity index (χ2v) is 9.08. The van der Waals surface area contributed by atoms with Crippen LogP contribution < -0.4 is 4.74 Å². The number of aliphatic hydroxyl groups is 2. The summed E-state index contributed by atoms with van der Waals surface area (Å²) in [5, 5.41) is 28.9. The number of aromatic nitrogens is 4. The molecule has 1 aliphatic heterocycles. The third-order valence-electron chi connectivity index (χ3n) is 6.62. The number of hydrogen-bond acceptors (Lipinski definition) is 8. The minimum Gasteiger partial charge on any atom is -0.493 e. The van der Waals surface area contributed by atoms with E-state index in [4.69, 9.17) is 9.47 Å². The van der Waals surface area contributed by atoms with Crippen LogP contribution in [0.25, 0.3) is 44.7 Å². The van der Waals surface area contributed by atoms with E-state index >= 15 is 8.78 Å². The van der Waals surface area contributed by atoms with Gasteiger partial charge >= 0.3 is 0 Å². The van der Waals surface area contributed by atoms with Crippen molar-refractivity contribution in [2.45, 2.75) is 18.3 Å². The SMILES string of the molecule is OC[C@H]1OCC(Oc2nc3c(F)c(-c4ccc(-c5ccc(-c6nccc(O)n6)cc5)cc4)c(F)cc3[nH]2)[C@@H]1O. The maximum absolute atomic E-state index is 15.5. The molecule has 3 atom stereocenters. The maximum Gasteiger partial charge on any atom is 0.295 e. The fraction of sp³-hybridized carbons (Fsp3) is 0.179. The van der Waals surface area contributed by atoms with Gasteiger partial charge in [-0.25, -0.2) is 13.8 Å². The molecule has 4 N–H and O–H groups in total. The van der Waals surface area contributed by atoms with Crippen molar-refractivity contribution in [3.05, 3.63) is 78.5 Å². The van der Waals surface area contributed by atoms with E-state index in [2.05, 4.69) is 19.9 Å². The fourth-order valence-corrected chi connectivity index (χ4v) is 4.57. The summed E-state index contributed by atoms with van der Waals surface area (Å²) >= 11 is 0. The van der Waals surface area contributed by atoms with Crippen LogP contribution in [-0.2, 0) is 4.74 Å². The molecule has 0 saturated carbocycles. The summed E-state index contributed by atoms with van der Waals surface area (Å²) in [7, 11) is 0. The number of aromatic amines is 1. The number of H-pyrrole nitrogens is 1. The normalized spacial score (nSPS) is 19.0. The van der Waals surface area contributed by atoms with Crippen LogP contribution in [0.5, 0.6) is 11.9 Å². The molecule has 3 aromatic carbocycles. The molecule has 198 valence electrons. The fourth-order valence-electron chi connectivity index (χ4n) is 4.57. The number of halogens is 2. The lowest BCUT2D eigenvalue weighted by molar-refractivity contribution is -0.00390. The first-order valence-corrected chi connectivity index (χ1v) is 12.1. The van der Waals surface area contributed by atoms with Gasteiger partial charge in [0.15, 0.2) is 17.7 Å². The van der Waals surface area contributed by atoms with Gasteiger partial charge in [0.2, 0.25) is 5.88 Å². The van der Waals surface area contributed by atoms with Crippen LogP contribution in [0.3, 0.4) is 0 Å². The molecule has 39 heavy (non-hydrogen) atoms. The second-order valence-electron chi connectivity index (χ2n) is 9.08. The molecule has 0 spiro atoms. The molecule has 1 saturated heterocycles. The number of benzene rings is 3. The van der Waals surface area contributed by atoms with Crippen molar-refractivity contribution >= 4 is 11.0 Å². The Labute approximate surface area is 220 Å². The smallest absolute Gasteiger partial charge is 0.295 e. The molecular formula is C28H22F2N4O5. The first kappa shape index (κ1) is 24.9. The van der Waals surface area contributed by atoms with Crippen LogP contribution in [0.15, 0.2) is 66.9 Å². The monoisotopic (exact) mass is 532 g/mol. The number of imidazole rings is 1. The number of fused-ring (bicyclic) bond motifs is 1. The highest BCUT2D eigenvalue weighted by Gasteiger charge is 2.37. The van der Waals surface area contributed by atoms with E-state index in [-0.39, 0.29) is 41.7 Å². The Bertz CT molecular complexity index is 1640. The first-order valence-electron chi connectivity index (χ1n) is 12.1. The Balaban J connectivity index is 1.25. The molecule has 0 radical (unpaired) electrons. The Morgan fingerprint density at radius 2 is 1.62 bits per heavy atom. The van der Waals surface area contributed by atoms with Gasteiger partial charge in [0.1, 0.15) is 23.5 Å². The standard InChI is InChI=1S/C28H22F2N4O5/c29-18-11-19-25(34-28(32-19)39-21-13-38-20(12-35)26(21)37)24(30)23(18)16-5-1-14(2-6-16)15-3-7-17(8-4-15)27-31-10-9-22(36)33-27/h1-11,20-21,26,35,37H,12-13H2,(H,32,34)(H,31,33,36)/t20-,21?,26-/m1/s1. The number of hydrogen-bond donors (Lipinski definition) is 4. The van der Waals surface area contributed by atoms with E-state index in [1.807, 2.05) is 24.3 Å². The Morgan fingerprint density at radius 3 is 2.26 bits per heavy atom. The minimum absolute atomic E-state index is 0.0181. The van der Waals surface area contributed by atoms with Gasteiger partial charge < -0.3 is 29.8 Å². The number of aliphatic hydroxyl groups excluding tert-OH is 2. The quantitative estimate of drug-likeness (QED) is 0.259. The van der Waals surface area contributed by atoms with Crippen molar-refractivity contribution in [1.29, 1.82) is 0 Å². The maximum atomic E-state index is 15.5. The van der Waals surface area contributed by atoms with Crippen LogP contribution in [0.2, 0.25) is 0 Å². The predicted molar refractivity (Wildman–Crippen MR) is 137 cm³/mol. The van der Waals surface area contributed by atoms with Crippen molar-refractivity contribution < 1.29 is 33.6 Å². The van der Waals surface area contributed by atoms with E-state index in [1.165, 1.54) is 12.3 Å². The predicted octanol–water partition coefficient (Wildman–Crippen LogP) is 3.84. The number of nitrogens with zero attached hydrogens (tertiary/aromatic N) is 3. The second kappa shape index (κ2) is 10.0. The molecule has 0 amide bonds. The summed E-state index contributed by atoms with van der Waals surface area (Å²) in [6.45, 7) is -0.354. The topological polar surface area (TPSA) is 134 Å². The zero-order valence-electron chi connectivity index (χ0n) is 20.3. The van der Waals surface area contributed by atoms with Crippen LogP contribution in [0.1, 0.15) is 0 Å². The number of aromatic hydroxyl groups is 1. The highest BCUT2D eigenvalue weighted by atomic mass is 19.1. The molecule has 6 rings (SSSR count). The lowest BCUT2D eigenvalue weighted by Crippen LogP contribution is -2.36. The summed E-state index contributed by atoms with van der Waals surface area (Å²) in [6.07, 6.45) is -1.22. The molecule has 3 heterocycles. The van der Waals surface area contributed by atoms with E-state index < -0.39 is 29.9 Å². The third-order valence-corrected chi connectivity index (χ3v) is 6.62. The Kier molecular flexibility index (Phi) is 6.39. The first-order chi connectivity index (χ1) is 18.9. The number of ether oxygens (including phenoxy) is 2. The molecule has 0 bridgehead atoms. The zero-order valence-corrected chi connectivity index (χ0v) is 20.3. The van der Waals surface area contributed by atoms with Crippen LogP contribution in [-0.4, -0.2) is 66.8 Å². The lowest BCUT2D eigenvalue weighted by atomic mass is 9.98. The van der Waals surface area contributed by atoms with E-state index in [1.54, 1.807) is 24.3 Å². The van der Waals surface area contributed by atoms with E-state index in [0.29, 0.717) is 11.4 Å². The van der Waals surface area contributed by atoms with Crippen molar-refractivity contribution in [1.82, 2.24) is 19.9 Å². The Morgan fingerprint density at radius 1 is 0.949 bits per heavy atom. The van der Waals surface area contributed by atoms with Gasteiger partial charge in [-0.1, -0.05) is 48.5 Å². The summed E-state index contributed by atoms with van der Waals surface area (Å²) < 4.78 is 41.4. The number of rotatable bonds is 6. The molecule has 9 nitrogen and oxygen atoms in total. The molecular weight excluding hydrogens is 510 g/mol. The highest BCUT2D eigenvalue weighted by Crippen LogP contribution is 2.34. The minimum atomic E-state index is -1.09. The molecule has 1 aliphatic rings. The summed E-state index contributed by atoms with van der Waals surface area (Å²) in [4.78, 5) is 15.0. The van der Waals surface area contributed by atoms with Crippen molar-refractivity contribution in [3.8, 4) is 45.5 Å². The van der Waals surface area contributed by atoms with Gasteiger partial charge in [0, 0.05) is 23.9 Å². The van der Waals surface area contributed by atoms with Gasteiger partial charge in [0.25, 0.3) is 6.01 Å². The third kappa shape index (κ3) is 4.67. The molecule has 1 unspecified atom stereocenters. The summed E-state index contributed by atoms with van der Waals surface area (Å²) in [6, 6.07) is 16.6. The van der Waals surface area contributed by atoms with Crippen molar-refractivity contribution in [2.24, 2.45) is 0 Å². The van der Waals surface area contributed by atoms with Gasteiger partial charge in [-0.2, -0.15) is 9.97 Å². The van der Waals surface area contributed by atoms with Crippen LogP contribution in [0.4, 0.5) is 8.78 Å². The highest BCUT2D eigenvalue weighted by molar-refractivity contribution is 5.84. The summed E-state index contributed by atoms with van der Waals surface area (Å²) in [5.41, 5.74) is 2.53. The van der Waals surface area contributed by atoms with Gasteiger partial charge in [-0.3, -0.25) is 0 Å². The van der Waals surface area contributed by atoms with Crippen molar-refractivity contribution in [3.63, 3.8) is 0 Å². The average Bonchev–Trinajstić information content (AvgIpc) is 3.52. The lowest BCUT2D eigenvalue weighted by Gasteiger charge is -2.15. The van der Waals surface area contributed by atoms with Crippen LogP contribution in [0, 0.1) is 11.6 Å². The zero-order chi connectivity index (χ0) is 27.1. The molecule has 5 aromatic rings. The van der Waals surface area contributed by atoms with Gasteiger partial charge in [0.05, 0.1) is 24.3 Å². The van der Waals surface area contributed by atoms with Gasteiger partial charge in [-0.15, -0.1) is 0 Å². The molecule has 0 aliphatic carbocycles.